The van der Waals surface area contributed by atoms with E-state index in [0.717, 1.165) is 12.0 Å². The van der Waals surface area contributed by atoms with Crippen LogP contribution in [0.25, 0.3) is 0 Å². The van der Waals surface area contributed by atoms with Crippen molar-refractivity contribution in [2.75, 3.05) is 26.7 Å². The van der Waals surface area contributed by atoms with Gasteiger partial charge in [-0.1, -0.05) is 42.5 Å². The summed E-state index contributed by atoms with van der Waals surface area (Å²) < 4.78 is -1.19. The molecular formula is C31H43N3O4S. The van der Waals surface area contributed by atoms with Crippen molar-refractivity contribution < 1.29 is 19.5 Å². The lowest BCUT2D eigenvalue weighted by Crippen LogP contribution is -2.61. The van der Waals surface area contributed by atoms with Crippen molar-refractivity contribution in [2.24, 2.45) is 11.8 Å². The van der Waals surface area contributed by atoms with Gasteiger partial charge in [0.2, 0.25) is 17.7 Å². The number of likely N-dealkylation sites (N-methyl/N-ethyl adjacent to an activating group) is 1. The summed E-state index contributed by atoms with van der Waals surface area (Å²) in [6.45, 7) is 16.1. The van der Waals surface area contributed by atoms with E-state index in [1.165, 1.54) is 0 Å². The fraction of sp³-hybridized carbons (Fsp3) is 0.581. The topological polar surface area (TPSA) is 81.2 Å². The van der Waals surface area contributed by atoms with Crippen LogP contribution in [0.2, 0.25) is 0 Å². The highest BCUT2D eigenvalue weighted by Crippen LogP contribution is 2.72. The molecule has 39 heavy (non-hydrogen) atoms. The zero-order chi connectivity index (χ0) is 28.8. The number of thioether (sulfide) groups is 1. The van der Waals surface area contributed by atoms with Crippen LogP contribution in [-0.4, -0.2) is 91.4 Å². The second-order valence-electron chi connectivity index (χ2n) is 12.4. The van der Waals surface area contributed by atoms with Crippen LogP contribution in [-0.2, 0) is 20.8 Å². The Hall–Kier alpha value is -2.58. The number of fused-ring (bicyclic) bond motifs is 1. The first kappa shape index (κ1) is 29.4. The van der Waals surface area contributed by atoms with E-state index in [1.54, 1.807) is 45.7 Å². The molecule has 3 aliphatic heterocycles. The van der Waals surface area contributed by atoms with E-state index < -0.39 is 39.0 Å². The second-order valence-corrected chi connectivity index (χ2v) is 14.3. The van der Waals surface area contributed by atoms with Crippen molar-refractivity contribution in [3.63, 3.8) is 0 Å². The van der Waals surface area contributed by atoms with Gasteiger partial charge in [0.25, 0.3) is 0 Å². The molecule has 3 saturated heterocycles. The van der Waals surface area contributed by atoms with Crippen LogP contribution in [0.5, 0.6) is 0 Å². The minimum absolute atomic E-state index is 0.0831. The van der Waals surface area contributed by atoms with E-state index in [0.29, 0.717) is 25.9 Å². The maximum absolute atomic E-state index is 14.6. The molecule has 0 aliphatic carbocycles. The molecule has 1 aromatic rings. The fourth-order valence-corrected chi connectivity index (χ4v) is 9.37. The van der Waals surface area contributed by atoms with Crippen LogP contribution in [0.3, 0.4) is 0 Å². The van der Waals surface area contributed by atoms with Crippen molar-refractivity contribution in [2.45, 2.75) is 74.1 Å². The summed E-state index contributed by atoms with van der Waals surface area (Å²) in [4.78, 5) is 48.1. The standard InChI is InChI=1S/C31H43N3O4S/c1-8-17-32(7)26(36)23-24-27(37)34(22(20-35)19-21-13-11-10-12-14-21)25(31(24)16-15-30(23,6)39-31)28(38)33(18-9-2)29(3,4)5/h8-14,22-25,35H,1-2,15-20H2,3-7H3/t22-,23+,24+,25?,30-,31?/m1/s1. The minimum Gasteiger partial charge on any atom is -0.394 e. The Morgan fingerprint density at radius 3 is 2.36 bits per heavy atom. The number of nitrogens with zero attached hydrogens (tertiary/aromatic N) is 3. The summed E-state index contributed by atoms with van der Waals surface area (Å²) in [5.74, 6) is -1.61. The summed E-state index contributed by atoms with van der Waals surface area (Å²) >= 11 is 1.66. The highest BCUT2D eigenvalue weighted by atomic mass is 32.2. The second kappa shape index (κ2) is 10.8. The number of carbonyl (C=O) groups excluding carboxylic acids is 3. The Balaban J connectivity index is 1.85. The summed E-state index contributed by atoms with van der Waals surface area (Å²) in [5, 5.41) is 10.7. The summed E-state index contributed by atoms with van der Waals surface area (Å²) in [5.41, 5.74) is 0.471. The molecule has 8 heteroatoms. The summed E-state index contributed by atoms with van der Waals surface area (Å²) in [6.07, 6.45) is 5.23. The first-order valence-electron chi connectivity index (χ1n) is 13.8. The van der Waals surface area contributed by atoms with E-state index in [1.807, 2.05) is 51.1 Å². The van der Waals surface area contributed by atoms with Gasteiger partial charge in [-0.15, -0.1) is 24.9 Å². The molecule has 1 aromatic carbocycles. The lowest BCUT2D eigenvalue weighted by atomic mass is 9.66. The highest BCUT2D eigenvalue weighted by Gasteiger charge is 2.78. The Morgan fingerprint density at radius 1 is 1.15 bits per heavy atom. The fourth-order valence-electron chi connectivity index (χ4n) is 7.04. The van der Waals surface area contributed by atoms with Gasteiger partial charge in [0.1, 0.15) is 6.04 Å². The molecule has 1 N–H and O–H groups in total. The normalized spacial score (nSPS) is 30.2. The molecule has 6 atom stereocenters. The number of aliphatic hydroxyl groups excluding tert-OH is 1. The molecule has 4 rings (SSSR count). The molecule has 3 amide bonds. The molecule has 7 nitrogen and oxygen atoms in total. The van der Waals surface area contributed by atoms with Gasteiger partial charge in [0.15, 0.2) is 0 Å². The van der Waals surface area contributed by atoms with E-state index in [-0.39, 0.29) is 24.3 Å². The minimum atomic E-state index is -0.788. The number of hydrogen-bond acceptors (Lipinski definition) is 5. The third-order valence-electron chi connectivity index (χ3n) is 8.80. The zero-order valence-corrected chi connectivity index (χ0v) is 24.7. The largest absolute Gasteiger partial charge is 0.394 e. The highest BCUT2D eigenvalue weighted by molar-refractivity contribution is 8.02. The third-order valence-corrected chi connectivity index (χ3v) is 10.8. The molecule has 0 radical (unpaired) electrons. The first-order valence-corrected chi connectivity index (χ1v) is 14.6. The predicted molar refractivity (Wildman–Crippen MR) is 156 cm³/mol. The van der Waals surface area contributed by atoms with Crippen molar-refractivity contribution in [1.29, 1.82) is 0 Å². The molecule has 2 unspecified atom stereocenters. The van der Waals surface area contributed by atoms with E-state index in [9.17, 15) is 19.5 Å². The molecule has 212 valence electrons. The monoisotopic (exact) mass is 553 g/mol. The maximum Gasteiger partial charge on any atom is 0.247 e. The van der Waals surface area contributed by atoms with Crippen molar-refractivity contribution in [3.05, 3.63) is 61.2 Å². The van der Waals surface area contributed by atoms with Gasteiger partial charge >= 0.3 is 0 Å². The Kier molecular flexibility index (Phi) is 8.12. The van der Waals surface area contributed by atoms with Crippen LogP contribution >= 0.6 is 11.8 Å². The molecule has 3 fully saturated rings. The van der Waals surface area contributed by atoms with Gasteiger partial charge in [-0.3, -0.25) is 14.4 Å². The van der Waals surface area contributed by atoms with E-state index in [2.05, 4.69) is 20.1 Å². The molecule has 2 bridgehead atoms. The van der Waals surface area contributed by atoms with Crippen LogP contribution in [0.15, 0.2) is 55.6 Å². The predicted octanol–water partition coefficient (Wildman–Crippen LogP) is 3.53. The maximum atomic E-state index is 14.6. The Morgan fingerprint density at radius 2 is 1.79 bits per heavy atom. The van der Waals surface area contributed by atoms with Crippen LogP contribution in [0.4, 0.5) is 0 Å². The smallest absolute Gasteiger partial charge is 0.247 e. The molecule has 0 aromatic heterocycles. The quantitative estimate of drug-likeness (QED) is 0.449. The number of benzene rings is 1. The molecule has 3 heterocycles. The van der Waals surface area contributed by atoms with Gasteiger partial charge in [-0.05, 0) is 52.5 Å². The molecule has 0 saturated carbocycles. The number of likely N-dealkylation sites (tertiary alicyclic amines) is 1. The Bertz CT molecular complexity index is 1130. The van der Waals surface area contributed by atoms with Crippen LogP contribution in [0.1, 0.15) is 46.1 Å². The van der Waals surface area contributed by atoms with Crippen molar-refractivity contribution >= 4 is 29.5 Å². The summed E-state index contributed by atoms with van der Waals surface area (Å²) in [7, 11) is 1.74. The Labute approximate surface area is 237 Å². The van der Waals surface area contributed by atoms with E-state index >= 15 is 0 Å². The molecule has 3 aliphatic rings. The van der Waals surface area contributed by atoms with Gasteiger partial charge in [0.05, 0.1) is 29.2 Å². The number of carbonyl (C=O) groups is 3. The lowest BCUT2D eigenvalue weighted by molar-refractivity contribution is -0.149. The van der Waals surface area contributed by atoms with Gasteiger partial charge in [-0.2, -0.15) is 0 Å². The van der Waals surface area contributed by atoms with E-state index in [4.69, 9.17) is 0 Å². The molecular weight excluding hydrogens is 510 g/mol. The van der Waals surface area contributed by atoms with Gasteiger partial charge < -0.3 is 19.8 Å². The van der Waals surface area contributed by atoms with Gasteiger partial charge in [0, 0.05) is 30.4 Å². The zero-order valence-electron chi connectivity index (χ0n) is 23.9. The number of amides is 3. The van der Waals surface area contributed by atoms with Crippen LogP contribution in [0, 0.1) is 11.8 Å². The lowest BCUT2D eigenvalue weighted by Gasteiger charge is -2.43. The average Bonchev–Trinajstić information content (AvgIpc) is 3.46. The van der Waals surface area contributed by atoms with Crippen LogP contribution < -0.4 is 0 Å². The number of rotatable bonds is 10. The van der Waals surface area contributed by atoms with Crippen molar-refractivity contribution in [3.8, 4) is 0 Å². The molecule has 1 spiro atoms. The first-order chi connectivity index (χ1) is 18.4. The summed E-state index contributed by atoms with van der Waals surface area (Å²) in [6, 6.07) is 8.35. The SMILES string of the molecule is C=CCN(C)C(=O)[C@@H]1[C@H]2C(=O)N([C@@H](CO)Cc3ccccc3)C(C(=O)N(CC=C)C(C)(C)C)C23CC[C@@]1(C)S3. The third kappa shape index (κ3) is 4.84. The van der Waals surface area contributed by atoms with Crippen molar-refractivity contribution in [1.82, 2.24) is 14.7 Å². The number of aliphatic hydroxyl groups is 1. The van der Waals surface area contributed by atoms with Gasteiger partial charge in [-0.25, -0.2) is 0 Å². The number of hydrogen-bond donors (Lipinski definition) is 1. The average molecular weight is 554 g/mol.